The molecule has 2 heterocycles. The first-order valence-electron chi connectivity index (χ1n) is 5.90. The fourth-order valence-corrected chi connectivity index (χ4v) is 2.32. The Hall–Kier alpha value is -1.75. The number of hydrogen-bond acceptors (Lipinski definition) is 2. The molecule has 3 rings (SSSR count). The van der Waals surface area contributed by atoms with E-state index in [0.29, 0.717) is 0 Å². The molecule has 19 heavy (non-hydrogen) atoms. The van der Waals surface area contributed by atoms with Crippen LogP contribution in [0.25, 0.3) is 11.2 Å². The number of aromatic amines is 1. The summed E-state index contributed by atoms with van der Waals surface area (Å²) in [6, 6.07) is 8.39. The van der Waals surface area contributed by atoms with E-state index in [-0.39, 0.29) is 11.7 Å². The van der Waals surface area contributed by atoms with Crippen molar-refractivity contribution in [1.29, 1.82) is 0 Å². The second-order valence-electron chi connectivity index (χ2n) is 4.42. The van der Waals surface area contributed by atoms with E-state index < -0.39 is 0 Å². The van der Waals surface area contributed by atoms with Crippen molar-refractivity contribution in [2.24, 2.45) is 0 Å². The Balaban J connectivity index is 2.01. The molecule has 0 bridgehead atoms. The van der Waals surface area contributed by atoms with Gasteiger partial charge >= 0.3 is 0 Å². The van der Waals surface area contributed by atoms with Gasteiger partial charge in [0, 0.05) is 16.6 Å². The van der Waals surface area contributed by atoms with Crippen molar-refractivity contribution < 1.29 is 4.39 Å². The highest BCUT2D eigenvalue weighted by Crippen LogP contribution is 2.24. The van der Waals surface area contributed by atoms with E-state index in [9.17, 15) is 4.39 Å². The summed E-state index contributed by atoms with van der Waals surface area (Å²) in [7, 11) is 0. The van der Waals surface area contributed by atoms with E-state index in [1.807, 2.05) is 13.0 Å². The quantitative estimate of drug-likeness (QED) is 0.775. The highest BCUT2D eigenvalue weighted by Gasteiger charge is 2.13. The lowest BCUT2D eigenvalue weighted by atomic mass is 10.0. The topological polar surface area (TPSA) is 41.6 Å². The number of fused-ring (bicyclic) bond motifs is 1. The molecule has 0 fully saturated rings. The summed E-state index contributed by atoms with van der Waals surface area (Å²) in [5.74, 6) is 0.659. The Morgan fingerprint density at radius 2 is 2.00 bits per heavy atom. The lowest BCUT2D eigenvalue weighted by molar-refractivity contribution is 0.626. The smallest absolute Gasteiger partial charge is 0.157 e. The number of aromatic nitrogens is 3. The van der Waals surface area contributed by atoms with Gasteiger partial charge in [-0.25, -0.2) is 14.4 Å². The first-order chi connectivity index (χ1) is 9.13. The van der Waals surface area contributed by atoms with E-state index in [2.05, 4.69) is 30.9 Å². The largest absolute Gasteiger partial charge is 0.326 e. The maximum absolute atomic E-state index is 12.9. The molecule has 96 valence electrons. The van der Waals surface area contributed by atoms with Crippen LogP contribution in [0.5, 0.6) is 0 Å². The molecule has 0 aliphatic heterocycles. The second-order valence-corrected chi connectivity index (χ2v) is 5.33. The third-order valence-electron chi connectivity index (χ3n) is 3.10. The van der Waals surface area contributed by atoms with E-state index in [1.54, 1.807) is 18.3 Å². The van der Waals surface area contributed by atoms with Gasteiger partial charge in [-0.2, -0.15) is 0 Å². The predicted octanol–water partition coefficient (Wildman–Crippen LogP) is 4.01. The number of nitrogens with one attached hydrogen (secondary N) is 1. The number of benzene rings is 1. The van der Waals surface area contributed by atoms with Crippen molar-refractivity contribution in [1.82, 2.24) is 15.0 Å². The molecule has 0 aliphatic carbocycles. The molecule has 1 unspecified atom stereocenters. The van der Waals surface area contributed by atoms with Gasteiger partial charge < -0.3 is 4.98 Å². The number of pyridine rings is 1. The van der Waals surface area contributed by atoms with Crippen LogP contribution in [0.2, 0.25) is 0 Å². The average Bonchev–Trinajstić information content (AvgIpc) is 2.81. The van der Waals surface area contributed by atoms with Crippen LogP contribution in [-0.4, -0.2) is 15.0 Å². The number of nitrogens with zero attached hydrogens (tertiary/aromatic N) is 2. The minimum atomic E-state index is -0.230. The van der Waals surface area contributed by atoms with Crippen LogP contribution in [0.3, 0.4) is 0 Å². The molecule has 1 atom stereocenters. The third-order valence-corrected chi connectivity index (χ3v) is 3.54. The van der Waals surface area contributed by atoms with Crippen molar-refractivity contribution in [2.75, 3.05) is 0 Å². The minimum absolute atomic E-state index is 0.0635. The molecule has 0 amide bonds. The van der Waals surface area contributed by atoms with Gasteiger partial charge in [-0.15, -0.1) is 0 Å². The van der Waals surface area contributed by atoms with E-state index in [1.165, 1.54) is 12.1 Å². The Labute approximate surface area is 118 Å². The fraction of sp³-hybridized carbons (Fsp3) is 0.143. The fourth-order valence-electron chi connectivity index (χ4n) is 2.00. The summed E-state index contributed by atoms with van der Waals surface area (Å²) < 4.78 is 13.8. The minimum Gasteiger partial charge on any atom is -0.326 e. The number of hydrogen-bond donors (Lipinski definition) is 1. The summed E-state index contributed by atoms with van der Waals surface area (Å²) in [6.07, 6.45) is 1.73. The summed E-state index contributed by atoms with van der Waals surface area (Å²) >= 11 is 3.37. The Kier molecular flexibility index (Phi) is 3.06. The predicted molar refractivity (Wildman–Crippen MR) is 75.5 cm³/mol. The molecule has 1 N–H and O–H groups in total. The number of rotatable bonds is 2. The van der Waals surface area contributed by atoms with Crippen LogP contribution in [-0.2, 0) is 0 Å². The molecule has 3 aromatic rings. The van der Waals surface area contributed by atoms with Crippen LogP contribution in [0, 0.1) is 5.82 Å². The van der Waals surface area contributed by atoms with E-state index >= 15 is 0 Å². The normalized spacial score (nSPS) is 12.8. The lowest BCUT2D eigenvalue weighted by Gasteiger charge is -2.08. The zero-order valence-corrected chi connectivity index (χ0v) is 11.8. The second kappa shape index (κ2) is 4.74. The SMILES string of the molecule is CC(c1ccc(F)cc1)c1nc2cc(Br)cnc2[nH]1. The van der Waals surface area contributed by atoms with Gasteiger partial charge in [-0.3, -0.25) is 0 Å². The summed E-state index contributed by atoms with van der Waals surface area (Å²) in [5, 5.41) is 0. The van der Waals surface area contributed by atoms with Gasteiger partial charge in [-0.1, -0.05) is 19.1 Å². The molecule has 0 aliphatic rings. The average molecular weight is 320 g/mol. The first-order valence-corrected chi connectivity index (χ1v) is 6.69. The van der Waals surface area contributed by atoms with Crippen molar-refractivity contribution in [3.63, 3.8) is 0 Å². The van der Waals surface area contributed by atoms with Crippen LogP contribution in [0.4, 0.5) is 4.39 Å². The number of imidazole rings is 1. The molecule has 0 saturated carbocycles. The Morgan fingerprint density at radius 1 is 1.26 bits per heavy atom. The van der Waals surface area contributed by atoms with Crippen LogP contribution in [0.15, 0.2) is 41.0 Å². The number of H-pyrrole nitrogens is 1. The van der Waals surface area contributed by atoms with Crippen LogP contribution >= 0.6 is 15.9 Å². The monoisotopic (exact) mass is 319 g/mol. The molecule has 5 heteroatoms. The van der Waals surface area contributed by atoms with Gasteiger partial charge in [0.1, 0.15) is 17.2 Å². The zero-order valence-electron chi connectivity index (χ0n) is 10.2. The van der Waals surface area contributed by atoms with Crippen molar-refractivity contribution in [3.05, 3.63) is 58.2 Å². The van der Waals surface area contributed by atoms with E-state index in [4.69, 9.17) is 0 Å². The van der Waals surface area contributed by atoms with Crippen molar-refractivity contribution in [2.45, 2.75) is 12.8 Å². The van der Waals surface area contributed by atoms with Crippen molar-refractivity contribution in [3.8, 4) is 0 Å². The standard InChI is InChI=1S/C14H11BrFN3/c1-8(9-2-4-11(16)5-3-9)13-18-12-6-10(15)7-17-14(12)19-13/h2-8H,1H3,(H,17,18,19). The Bertz CT molecular complexity index is 721. The maximum atomic E-state index is 12.9. The van der Waals surface area contributed by atoms with Crippen molar-refractivity contribution >= 4 is 27.1 Å². The van der Waals surface area contributed by atoms with Gasteiger partial charge in [0.15, 0.2) is 5.65 Å². The zero-order chi connectivity index (χ0) is 13.4. The summed E-state index contributed by atoms with van der Waals surface area (Å²) in [6.45, 7) is 2.03. The van der Waals surface area contributed by atoms with Gasteiger partial charge in [-0.05, 0) is 39.7 Å². The lowest BCUT2D eigenvalue weighted by Crippen LogP contribution is -1.98. The van der Waals surface area contributed by atoms with E-state index in [0.717, 1.165) is 27.0 Å². The maximum Gasteiger partial charge on any atom is 0.157 e. The third kappa shape index (κ3) is 2.38. The molecule has 1 aromatic carbocycles. The molecule has 0 spiro atoms. The highest BCUT2D eigenvalue weighted by atomic mass is 79.9. The number of halogens is 2. The first kappa shape index (κ1) is 12.3. The molecule has 2 aromatic heterocycles. The molecule has 3 nitrogen and oxygen atoms in total. The van der Waals surface area contributed by atoms with Crippen LogP contribution < -0.4 is 0 Å². The van der Waals surface area contributed by atoms with Crippen LogP contribution in [0.1, 0.15) is 24.2 Å². The van der Waals surface area contributed by atoms with Gasteiger partial charge in [0.25, 0.3) is 0 Å². The van der Waals surface area contributed by atoms with Gasteiger partial charge in [0.05, 0.1) is 0 Å². The molecule has 0 saturated heterocycles. The highest BCUT2D eigenvalue weighted by molar-refractivity contribution is 9.10. The van der Waals surface area contributed by atoms with Gasteiger partial charge in [0.2, 0.25) is 0 Å². The molecule has 0 radical (unpaired) electrons. The molecular formula is C14H11BrFN3. The summed E-state index contributed by atoms with van der Waals surface area (Å²) in [4.78, 5) is 12.0. The summed E-state index contributed by atoms with van der Waals surface area (Å²) in [5.41, 5.74) is 2.59. The molecular weight excluding hydrogens is 309 g/mol. The Morgan fingerprint density at radius 3 is 2.74 bits per heavy atom.